The standard InChI is InChI=1S/C16H15F3O3S/c1-12-6-8-14(9-7-12)23(20,21)22-11-10-13-4-2-3-5-15(13)16(17,18)19/h2-9H,10-11H2,1H3. The molecule has 0 unspecified atom stereocenters. The summed E-state index contributed by atoms with van der Waals surface area (Å²) < 4.78 is 67.3. The van der Waals surface area contributed by atoms with E-state index >= 15 is 0 Å². The Morgan fingerprint density at radius 1 is 1.00 bits per heavy atom. The van der Waals surface area contributed by atoms with E-state index in [9.17, 15) is 21.6 Å². The minimum atomic E-state index is -4.48. The molecule has 0 spiro atoms. The predicted molar refractivity (Wildman–Crippen MR) is 79.5 cm³/mol. The van der Waals surface area contributed by atoms with Crippen LogP contribution in [0.5, 0.6) is 0 Å². The van der Waals surface area contributed by atoms with Gasteiger partial charge in [0.2, 0.25) is 0 Å². The molecule has 0 saturated heterocycles. The van der Waals surface area contributed by atoms with E-state index in [-0.39, 0.29) is 23.5 Å². The van der Waals surface area contributed by atoms with Crippen molar-refractivity contribution in [3.8, 4) is 0 Å². The van der Waals surface area contributed by atoms with Crippen LogP contribution >= 0.6 is 0 Å². The van der Waals surface area contributed by atoms with E-state index in [4.69, 9.17) is 4.18 Å². The normalized spacial score (nSPS) is 12.3. The first-order valence-corrected chi connectivity index (χ1v) is 8.22. The molecule has 0 aromatic heterocycles. The topological polar surface area (TPSA) is 43.4 Å². The number of rotatable bonds is 5. The van der Waals surface area contributed by atoms with Gasteiger partial charge in [0.05, 0.1) is 17.1 Å². The Hall–Kier alpha value is -1.86. The molecular weight excluding hydrogens is 329 g/mol. The second-order valence-electron chi connectivity index (χ2n) is 4.99. The van der Waals surface area contributed by atoms with Gasteiger partial charge in [0.1, 0.15) is 0 Å². The zero-order valence-corrected chi connectivity index (χ0v) is 13.1. The largest absolute Gasteiger partial charge is 0.416 e. The highest BCUT2D eigenvalue weighted by Crippen LogP contribution is 2.32. The smallest absolute Gasteiger partial charge is 0.266 e. The second-order valence-corrected chi connectivity index (χ2v) is 6.61. The summed E-state index contributed by atoms with van der Waals surface area (Å²) in [5.74, 6) is 0. The first-order chi connectivity index (χ1) is 10.7. The Bertz CT molecular complexity index is 766. The number of aryl methyl sites for hydroxylation is 1. The van der Waals surface area contributed by atoms with Crippen molar-refractivity contribution in [3.63, 3.8) is 0 Å². The highest BCUT2D eigenvalue weighted by Gasteiger charge is 2.32. The molecule has 7 heteroatoms. The molecule has 0 bridgehead atoms. The lowest BCUT2D eigenvalue weighted by Gasteiger charge is -2.12. The van der Waals surface area contributed by atoms with Gasteiger partial charge in [0.25, 0.3) is 10.1 Å². The quantitative estimate of drug-likeness (QED) is 0.771. The number of hydrogen-bond acceptors (Lipinski definition) is 3. The van der Waals surface area contributed by atoms with E-state index in [0.29, 0.717) is 0 Å². The molecule has 0 fully saturated rings. The Morgan fingerprint density at radius 3 is 2.22 bits per heavy atom. The van der Waals surface area contributed by atoms with Crippen molar-refractivity contribution >= 4 is 10.1 Å². The van der Waals surface area contributed by atoms with Gasteiger partial charge in [-0.2, -0.15) is 21.6 Å². The van der Waals surface area contributed by atoms with Crippen LogP contribution in [-0.4, -0.2) is 15.0 Å². The van der Waals surface area contributed by atoms with Crippen LogP contribution < -0.4 is 0 Å². The minimum absolute atomic E-state index is 0.000828. The summed E-state index contributed by atoms with van der Waals surface area (Å²) in [4.78, 5) is -0.0211. The molecule has 0 heterocycles. The van der Waals surface area contributed by atoms with Crippen molar-refractivity contribution in [1.29, 1.82) is 0 Å². The second kappa shape index (κ2) is 6.72. The van der Waals surface area contributed by atoms with Crippen LogP contribution in [0.2, 0.25) is 0 Å². The molecule has 0 aliphatic rings. The first kappa shape index (κ1) is 17.5. The van der Waals surface area contributed by atoms with Crippen molar-refractivity contribution in [2.45, 2.75) is 24.4 Å². The number of alkyl halides is 3. The van der Waals surface area contributed by atoms with Gasteiger partial charge >= 0.3 is 6.18 Å². The summed E-state index contributed by atoms with van der Waals surface area (Å²) in [6, 6.07) is 11.1. The highest BCUT2D eigenvalue weighted by atomic mass is 32.2. The van der Waals surface area contributed by atoms with Crippen LogP contribution in [0.1, 0.15) is 16.7 Å². The predicted octanol–water partition coefficient (Wildman–Crippen LogP) is 3.96. The van der Waals surface area contributed by atoms with Gasteiger partial charge in [-0.25, -0.2) is 0 Å². The Kier molecular flexibility index (Phi) is 5.11. The molecule has 0 N–H and O–H groups in total. The molecule has 0 aliphatic carbocycles. The highest BCUT2D eigenvalue weighted by molar-refractivity contribution is 7.86. The third kappa shape index (κ3) is 4.56. The minimum Gasteiger partial charge on any atom is -0.266 e. The Labute approximate surface area is 132 Å². The molecule has 0 atom stereocenters. The fraction of sp³-hybridized carbons (Fsp3) is 0.250. The van der Waals surface area contributed by atoms with Crippen LogP contribution in [0.4, 0.5) is 13.2 Å². The zero-order chi connectivity index (χ0) is 17.1. The molecule has 0 saturated carbocycles. The van der Waals surface area contributed by atoms with Gasteiger partial charge < -0.3 is 0 Å². The third-order valence-corrected chi connectivity index (χ3v) is 4.57. The summed E-state index contributed by atoms with van der Waals surface area (Å²) >= 11 is 0. The van der Waals surface area contributed by atoms with Gasteiger partial charge in [-0.1, -0.05) is 35.9 Å². The summed E-state index contributed by atoms with van der Waals surface area (Å²) in [5.41, 5.74) is 0.110. The van der Waals surface area contributed by atoms with E-state index in [1.54, 1.807) is 12.1 Å². The van der Waals surface area contributed by atoms with Crippen molar-refractivity contribution in [1.82, 2.24) is 0 Å². The molecule has 3 nitrogen and oxygen atoms in total. The lowest BCUT2D eigenvalue weighted by atomic mass is 10.0. The average molecular weight is 344 g/mol. The number of benzene rings is 2. The van der Waals surface area contributed by atoms with Crippen molar-refractivity contribution in [2.75, 3.05) is 6.61 Å². The van der Waals surface area contributed by atoms with E-state index in [1.807, 2.05) is 6.92 Å². The van der Waals surface area contributed by atoms with Gasteiger partial charge in [-0.15, -0.1) is 0 Å². The fourth-order valence-electron chi connectivity index (χ4n) is 2.05. The number of halogens is 3. The maximum absolute atomic E-state index is 12.9. The maximum atomic E-state index is 12.9. The van der Waals surface area contributed by atoms with E-state index in [2.05, 4.69) is 0 Å². The van der Waals surface area contributed by atoms with Crippen molar-refractivity contribution < 1.29 is 25.8 Å². The van der Waals surface area contributed by atoms with Crippen LogP contribution in [-0.2, 0) is 26.9 Å². The summed E-state index contributed by atoms with van der Waals surface area (Å²) in [6.45, 7) is 1.45. The van der Waals surface area contributed by atoms with Crippen molar-refractivity contribution in [2.24, 2.45) is 0 Å². The molecule has 124 valence electrons. The Balaban J connectivity index is 2.07. The molecule has 23 heavy (non-hydrogen) atoms. The fourth-order valence-corrected chi connectivity index (χ4v) is 2.96. The van der Waals surface area contributed by atoms with Crippen LogP contribution in [0.15, 0.2) is 53.4 Å². The average Bonchev–Trinajstić information content (AvgIpc) is 2.47. The maximum Gasteiger partial charge on any atom is 0.416 e. The Morgan fingerprint density at radius 2 is 1.61 bits per heavy atom. The van der Waals surface area contributed by atoms with Gasteiger partial charge in [-0.05, 0) is 37.1 Å². The summed E-state index contributed by atoms with van der Waals surface area (Å²) in [7, 11) is -3.98. The van der Waals surface area contributed by atoms with Gasteiger partial charge in [-0.3, -0.25) is 4.18 Å². The van der Waals surface area contributed by atoms with Crippen LogP contribution in [0, 0.1) is 6.92 Å². The first-order valence-electron chi connectivity index (χ1n) is 6.81. The summed E-state index contributed by atoms with van der Waals surface area (Å²) in [5, 5.41) is 0. The molecule has 2 rings (SSSR count). The molecule has 0 aliphatic heterocycles. The van der Waals surface area contributed by atoms with Crippen LogP contribution in [0.25, 0.3) is 0 Å². The molecule has 0 amide bonds. The van der Waals surface area contributed by atoms with Crippen LogP contribution in [0.3, 0.4) is 0 Å². The van der Waals surface area contributed by atoms with Crippen molar-refractivity contribution in [3.05, 3.63) is 65.2 Å². The van der Waals surface area contributed by atoms with E-state index < -0.39 is 21.9 Å². The monoisotopic (exact) mass is 344 g/mol. The SMILES string of the molecule is Cc1ccc(S(=O)(=O)OCCc2ccccc2C(F)(F)F)cc1. The van der Waals surface area contributed by atoms with Gasteiger partial charge in [0, 0.05) is 0 Å². The lowest BCUT2D eigenvalue weighted by molar-refractivity contribution is -0.138. The number of hydrogen-bond donors (Lipinski definition) is 0. The zero-order valence-electron chi connectivity index (χ0n) is 12.3. The molecule has 0 radical (unpaired) electrons. The van der Waals surface area contributed by atoms with E-state index in [0.717, 1.165) is 11.6 Å². The van der Waals surface area contributed by atoms with Gasteiger partial charge in [0.15, 0.2) is 0 Å². The van der Waals surface area contributed by atoms with E-state index in [1.165, 1.54) is 30.3 Å². The third-order valence-electron chi connectivity index (χ3n) is 3.24. The lowest BCUT2D eigenvalue weighted by Crippen LogP contribution is -2.13. The summed E-state index contributed by atoms with van der Waals surface area (Å²) in [6.07, 6.45) is -4.63. The molecular formula is C16H15F3O3S. The molecule has 2 aromatic carbocycles. The molecule has 2 aromatic rings.